The molecule has 12 nitrogen and oxygen atoms in total. The van der Waals surface area contributed by atoms with Crippen LogP contribution in [0.25, 0.3) is 21.9 Å². The van der Waals surface area contributed by atoms with E-state index < -0.39 is 0 Å². The number of nitrogens with two attached hydrogens (primary N) is 4. The molecule has 2 aromatic carbocycles. The van der Waals surface area contributed by atoms with Crippen LogP contribution < -0.4 is 42.8 Å². The molecule has 9 N–H and O–H groups in total. The average molecular weight is 519 g/mol. The third-order valence-electron chi connectivity index (χ3n) is 7.15. The smallest absolute Gasteiger partial charge is 0.233 e. The third kappa shape index (κ3) is 4.78. The summed E-state index contributed by atoms with van der Waals surface area (Å²) < 4.78 is 11.8. The van der Waals surface area contributed by atoms with Gasteiger partial charge in [-0.2, -0.15) is 15.0 Å². The Bertz CT molecular complexity index is 1390. The fourth-order valence-corrected chi connectivity index (χ4v) is 5.51. The summed E-state index contributed by atoms with van der Waals surface area (Å²) >= 11 is 0. The highest BCUT2D eigenvalue weighted by molar-refractivity contribution is 6.06. The Balaban J connectivity index is 1.41. The molecule has 4 heterocycles. The van der Waals surface area contributed by atoms with Gasteiger partial charge in [0.2, 0.25) is 17.8 Å². The molecule has 2 fully saturated rings. The van der Waals surface area contributed by atoms with Crippen LogP contribution in [0.1, 0.15) is 12.8 Å². The van der Waals surface area contributed by atoms with Gasteiger partial charge in [0.1, 0.15) is 16.9 Å². The molecule has 12 heteroatoms. The first-order valence-corrected chi connectivity index (χ1v) is 12.9. The number of ether oxygens (including phenoxy) is 1. The van der Waals surface area contributed by atoms with E-state index in [1.54, 1.807) is 7.11 Å². The Kier molecular flexibility index (Phi) is 6.40. The average Bonchev–Trinajstić information content (AvgIpc) is 3.24. The molecule has 0 aliphatic carbocycles. The van der Waals surface area contributed by atoms with Crippen LogP contribution in [0.15, 0.2) is 40.8 Å². The van der Waals surface area contributed by atoms with Gasteiger partial charge in [0, 0.05) is 67.2 Å². The van der Waals surface area contributed by atoms with Gasteiger partial charge >= 0.3 is 0 Å². The van der Waals surface area contributed by atoms with Crippen molar-refractivity contribution in [2.45, 2.75) is 37.0 Å². The van der Waals surface area contributed by atoms with Crippen LogP contribution in [0, 0.1) is 0 Å². The lowest BCUT2D eigenvalue weighted by Crippen LogP contribution is -2.54. The van der Waals surface area contributed by atoms with E-state index in [0.29, 0.717) is 55.5 Å². The number of fused-ring (bicyclic) bond motifs is 3. The SMILES string of the molecule is COc1cc2c(cc1Nc1nc(N3C[C@H](N)C[C@H](N)C3)nc(N3C[C@H](N)C[C@H](N)C3)n1)oc1ccccc12. The number of methoxy groups -OCH3 is 1. The molecule has 2 aromatic heterocycles. The molecule has 0 unspecified atom stereocenters. The van der Waals surface area contributed by atoms with Crippen molar-refractivity contribution in [3.8, 4) is 5.75 Å². The van der Waals surface area contributed by atoms with E-state index in [1.807, 2.05) is 46.2 Å². The van der Waals surface area contributed by atoms with Gasteiger partial charge in [-0.25, -0.2) is 0 Å². The summed E-state index contributed by atoms with van der Waals surface area (Å²) in [5.74, 6) is 2.00. The zero-order chi connectivity index (χ0) is 26.4. The summed E-state index contributed by atoms with van der Waals surface area (Å²) in [6.07, 6.45) is 1.51. The minimum Gasteiger partial charge on any atom is -0.495 e. The number of nitrogens with one attached hydrogen (secondary N) is 1. The number of nitrogens with zero attached hydrogens (tertiary/aromatic N) is 5. The van der Waals surface area contributed by atoms with Crippen molar-refractivity contribution < 1.29 is 9.15 Å². The molecule has 2 aliphatic rings. The first-order valence-electron chi connectivity index (χ1n) is 12.9. The van der Waals surface area contributed by atoms with Crippen LogP contribution in [0.2, 0.25) is 0 Å². The van der Waals surface area contributed by atoms with E-state index in [2.05, 4.69) is 5.32 Å². The normalized spacial score (nSPS) is 24.2. The predicted octanol–water partition coefficient (Wildman–Crippen LogP) is 1.25. The molecule has 0 radical (unpaired) electrons. The molecule has 0 amide bonds. The molecular weight excluding hydrogens is 484 g/mol. The second-order valence-electron chi connectivity index (χ2n) is 10.4. The van der Waals surface area contributed by atoms with Gasteiger partial charge < -0.3 is 47.2 Å². The highest BCUT2D eigenvalue weighted by atomic mass is 16.5. The Hall–Kier alpha value is -3.71. The number of aromatic nitrogens is 3. The monoisotopic (exact) mass is 518 g/mol. The summed E-state index contributed by atoms with van der Waals surface area (Å²) in [5, 5.41) is 5.32. The molecule has 38 heavy (non-hydrogen) atoms. The Morgan fingerprint density at radius 3 is 1.95 bits per heavy atom. The topological polar surface area (TPSA) is 184 Å². The van der Waals surface area contributed by atoms with Gasteiger partial charge in [-0.05, 0) is 25.0 Å². The first kappa shape index (κ1) is 24.6. The van der Waals surface area contributed by atoms with Crippen molar-refractivity contribution in [2.75, 3.05) is 48.4 Å². The minimum atomic E-state index is -0.0669. The summed E-state index contributed by atoms with van der Waals surface area (Å²) in [6.45, 7) is 2.40. The largest absolute Gasteiger partial charge is 0.495 e. The summed E-state index contributed by atoms with van der Waals surface area (Å²) in [4.78, 5) is 18.3. The zero-order valence-electron chi connectivity index (χ0n) is 21.4. The van der Waals surface area contributed by atoms with Gasteiger partial charge in [-0.1, -0.05) is 18.2 Å². The van der Waals surface area contributed by atoms with Crippen molar-refractivity contribution in [1.82, 2.24) is 15.0 Å². The molecular formula is C26H34N10O2. The maximum absolute atomic E-state index is 6.28. The fraction of sp³-hybridized carbons (Fsp3) is 0.423. The quantitative estimate of drug-likeness (QED) is 0.255. The standard InChI is InChI=1S/C26H34N10O2/c1-37-23-8-19-18-4-2-3-5-21(18)38-22(19)9-20(23)31-24-32-25(35-10-14(27)6-15(28)11-35)34-26(33-24)36-12-16(29)7-17(30)13-36/h2-5,8-9,14-17H,6-7,10-13,27-30H2,1H3,(H,31,32,33,34)/t14-,15+,16-,17+. The second-order valence-corrected chi connectivity index (χ2v) is 10.4. The molecule has 2 aliphatic heterocycles. The van der Waals surface area contributed by atoms with Gasteiger partial charge in [-0.15, -0.1) is 0 Å². The van der Waals surface area contributed by atoms with E-state index in [1.165, 1.54) is 0 Å². The van der Waals surface area contributed by atoms with Crippen molar-refractivity contribution in [3.63, 3.8) is 0 Å². The van der Waals surface area contributed by atoms with Crippen LogP contribution in [0.5, 0.6) is 5.75 Å². The number of benzene rings is 2. The fourth-order valence-electron chi connectivity index (χ4n) is 5.51. The number of piperidine rings is 2. The predicted molar refractivity (Wildman–Crippen MR) is 149 cm³/mol. The molecule has 4 aromatic rings. The number of furan rings is 1. The van der Waals surface area contributed by atoms with E-state index in [9.17, 15) is 0 Å². The van der Waals surface area contributed by atoms with Crippen molar-refractivity contribution >= 4 is 45.5 Å². The number of hydrogen-bond acceptors (Lipinski definition) is 12. The van der Waals surface area contributed by atoms with Crippen LogP contribution in [-0.2, 0) is 0 Å². The van der Waals surface area contributed by atoms with Crippen LogP contribution in [-0.4, -0.2) is 72.4 Å². The molecule has 4 atom stereocenters. The lowest BCUT2D eigenvalue weighted by molar-refractivity contribution is 0.417. The van der Waals surface area contributed by atoms with E-state index >= 15 is 0 Å². The van der Waals surface area contributed by atoms with Crippen molar-refractivity contribution in [2.24, 2.45) is 22.9 Å². The number of rotatable bonds is 5. The zero-order valence-corrected chi connectivity index (χ0v) is 21.4. The van der Waals surface area contributed by atoms with E-state index in [4.69, 9.17) is 47.0 Å². The highest BCUT2D eigenvalue weighted by Gasteiger charge is 2.29. The highest BCUT2D eigenvalue weighted by Crippen LogP contribution is 2.37. The lowest BCUT2D eigenvalue weighted by atomic mass is 10.0. The van der Waals surface area contributed by atoms with E-state index in [-0.39, 0.29) is 24.2 Å². The number of hydrogen-bond donors (Lipinski definition) is 5. The second kappa shape index (κ2) is 9.87. The molecule has 200 valence electrons. The van der Waals surface area contributed by atoms with E-state index in [0.717, 1.165) is 34.8 Å². The molecule has 2 saturated heterocycles. The Labute approximate surface area is 220 Å². The summed E-state index contributed by atoms with van der Waals surface area (Å²) in [7, 11) is 1.63. The van der Waals surface area contributed by atoms with Crippen molar-refractivity contribution in [1.29, 1.82) is 0 Å². The minimum absolute atomic E-state index is 0.0669. The summed E-state index contributed by atoms with van der Waals surface area (Å²) in [5.41, 5.74) is 27.3. The molecule has 0 spiro atoms. The Morgan fingerprint density at radius 1 is 0.789 bits per heavy atom. The van der Waals surface area contributed by atoms with Crippen molar-refractivity contribution in [3.05, 3.63) is 36.4 Å². The summed E-state index contributed by atoms with van der Waals surface area (Å²) in [6, 6.07) is 11.5. The first-order chi connectivity index (χ1) is 18.4. The maximum atomic E-state index is 6.28. The maximum Gasteiger partial charge on any atom is 0.233 e. The van der Waals surface area contributed by atoms with Gasteiger partial charge in [0.15, 0.2) is 0 Å². The van der Waals surface area contributed by atoms with Crippen LogP contribution >= 0.6 is 0 Å². The van der Waals surface area contributed by atoms with Gasteiger partial charge in [-0.3, -0.25) is 0 Å². The third-order valence-corrected chi connectivity index (χ3v) is 7.15. The molecule has 0 saturated carbocycles. The van der Waals surface area contributed by atoms with Gasteiger partial charge in [0.05, 0.1) is 12.8 Å². The van der Waals surface area contributed by atoms with Crippen LogP contribution in [0.3, 0.4) is 0 Å². The van der Waals surface area contributed by atoms with Crippen LogP contribution in [0.4, 0.5) is 23.5 Å². The number of anilines is 4. The Morgan fingerprint density at radius 2 is 1.37 bits per heavy atom. The number of para-hydroxylation sites is 1. The molecule has 6 rings (SSSR count). The van der Waals surface area contributed by atoms with Gasteiger partial charge in [0.25, 0.3) is 0 Å². The lowest BCUT2D eigenvalue weighted by Gasteiger charge is -2.37. The molecule has 0 bridgehead atoms.